The SMILES string of the molecule is CCC(C)(CC)N1C(=O)C(C(C)C)NC(=O)C1C. The fraction of sp³-hybridized carbons (Fsp3) is 0.857. The first-order valence-corrected chi connectivity index (χ1v) is 6.92. The molecule has 0 aromatic carbocycles. The molecule has 2 amide bonds. The molecule has 1 aliphatic rings. The Kier molecular flexibility index (Phi) is 4.41. The number of rotatable bonds is 4. The number of hydrogen-bond donors (Lipinski definition) is 1. The van der Waals surface area contributed by atoms with Gasteiger partial charge in [-0.05, 0) is 32.6 Å². The van der Waals surface area contributed by atoms with Gasteiger partial charge in [0.15, 0.2) is 0 Å². The number of carbonyl (C=O) groups excluding carboxylic acids is 2. The third-order valence-corrected chi connectivity index (χ3v) is 4.34. The molecule has 0 radical (unpaired) electrons. The van der Waals surface area contributed by atoms with Gasteiger partial charge in [-0.1, -0.05) is 27.7 Å². The van der Waals surface area contributed by atoms with Gasteiger partial charge in [0.2, 0.25) is 11.8 Å². The Labute approximate surface area is 110 Å². The molecule has 1 heterocycles. The number of carbonyl (C=O) groups is 2. The lowest BCUT2D eigenvalue weighted by molar-refractivity contribution is -0.157. The highest BCUT2D eigenvalue weighted by atomic mass is 16.2. The average molecular weight is 254 g/mol. The standard InChI is InChI=1S/C14H26N2O2/c1-7-14(6,8-2)16-10(5)12(17)15-11(9(3)4)13(16)18/h9-11H,7-8H2,1-6H3,(H,15,17). The quantitative estimate of drug-likeness (QED) is 0.833. The number of amides is 2. The molecule has 0 aliphatic carbocycles. The summed E-state index contributed by atoms with van der Waals surface area (Å²) in [6.45, 7) is 11.9. The van der Waals surface area contributed by atoms with Crippen LogP contribution in [0.25, 0.3) is 0 Å². The van der Waals surface area contributed by atoms with Crippen molar-refractivity contribution < 1.29 is 9.59 Å². The lowest BCUT2D eigenvalue weighted by Crippen LogP contribution is -2.69. The number of hydrogen-bond acceptors (Lipinski definition) is 2. The zero-order valence-electron chi connectivity index (χ0n) is 12.4. The van der Waals surface area contributed by atoms with E-state index in [-0.39, 0.29) is 35.4 Å². The molecule has 0 saturated carbocycles. The topological polar surface area (TPSA) is 49.4 Å². The zero-order valence-corrected chi connectivity index (χ0v) is 12.4. The Bertz CT molecular complexity index is 335. The maximum Gasteiger partial charge on any atom is 0.246 e. The van der Waals surface area contributed by atoms with Crippen molar-refractivity contribution >= 4 is 11.8 Å². The summed E-state index contributed by atoms with van der Waals surface area (Å²) >= 11 is 0. The summed E-state index contributed by atoms with van der Waals surface area (Å²) in [6, 6.07) is -0.761. The molecule has 104 valence electrons. The Morgan fingerprint density at radius 2 is 1.78 bits per heavy atom. The molecule has 0 aromatic rings. The van der Waals surface area contributed by atoms with Crippen molar-refractivity contribution in [2.75, 3.05) is 0 Å². The molecule has 1 fully saturated rings. The van der Waals surface area contributed by atoms with Crippen LogP contribution in [-0.2, 0) is 9.59 Å². The normalized spacial score (nSPS) is 25.6. The van der Waals surface area contributed by atoms with E-state index in [4.69, 9.17) is 0 Å². The van der Waals surface area contributed by atoms with Gasteiger partial charge in [-0.3, -0.25) is 9.59 Å². The van der Waals surface area contributed by atoms with Crippen molar-refractivity contribution in [3.05, 3.63) is 0 Å². The Hall–Kier alpha value is -1.06. The van der Waals surface area contributed by atoms with Crippen LogP contribution >= 0.6 is 0 Å². The highest BCUT2D eigenvalue weighted by Crippen LogP contribution is 2.29. The van der Waals surface area contributed by atoms with E-state index in [1.54, 1.807) is 4.90 Å². The molecule has 18 heavy (non-hydrogen) atoms. The first-order chi connectivity index (χ1) is 8.28. The van der Waals surface area contributed by atoms with Gasteiger partial charge in [-0.2, -0.15) is 0 Å². The maximum atomic E-state index is 12.6. The third-order valence-electron chi connectivity index (χ3n) is 4.34. The second kappa shape index (κ2) is 5.29. The van der Waals surface area contributed by atoms with Crippen LogP contribution < -0.4 is 5.32 Å². The molecule has 1 rings (SSSR count). The minimum atomic E-state index is -0.383. The Morgan fingerprint density at radius 1 is 1.28 bits per heavy atom. The molecule has 2 unspecified atom stereocenters. The van der Waals surface area contributed by atoms with Gasteiger partial charge in [0.25, 0.3) is 0 Å². The van der Waals surface area contributed by atoms with Crippen LogP contribution in [0.15, 0.2) is 0 Å². The summed E-state index contributed by atoms with van der Waals surface area (Å²) in [4.78, 5) is 26.4. The van der Waals surface area contributed by atoms with Crippen molar-refractivity contribution in [1.29, 1.82) is 0 Å². The van der Waals surface area contributed by atoms with Gasteiger partial charge in [0.1, 0.15) is 12.1 Å². The molecule has 1 aliphatic heterocycles. The molecule has 4 heteroatoms. The van der Waals surface area contributed by atoms with Crippen molar-refractivity contribution in [1.82, 2.24) is 10.2 Å². The van der Waals surface area contributed by atoms with Crippen LogP contribution in [0.3, 0.4) is 0 Å². The Balaban J connectivity index is 3.13. The van der Waals surface area contributed by atoms with Gasteiger partial charge in [-0.25, -0.2) is 0 Å². The molecule has 1 N–H and O–H groups in total. The van der Waals surface area contributed by atoms with Crippen molar-refractivity contribution in [2.24, 2.45) is 5.92 Å². The van der Waals surface area contributed by atoms with Crippen LogP contribution in [0.4, 0.5) is 0 Å². The molecule has 0 aromatic heterocycles. The van der Waals surface area contributed by atoms with Gasteiger partial charge in [0.05, 0.1) is 0 Å². The highest BCUT2D eigenvalue weighted by molar-refractivity contribution is 5.97. The third kappa shape index (κ3) is 2.38. The first-order valence-electron chi connectivity index (χ1n) is 6.92. The zero-order chi connectivity index (χ0) is 14.1. The Morgan fingerprint density at radius 3 is 2.17 bits per heavy atom. The maximum absolute atomic E-state index is 12.6. The van der Waals surface area contributed by atoms with Crippen LogP contribution in [0.5, 0.6) is 0 Å². The minimum Gasteiger partial charge on any atom is -0.342 e. The number of nitrogens with zero attached hydrogens (tertiary/aromatic N) is 1. The molecule has 0 spiro atoms. The molecule has 2 atom stereocenters. The van der Waals surface area contributed by atoms with Crippen LogP contribution in [0.1, 0.15) is 54.4 Å². The largest absolute Gasteiger partial charge is 0.342 e. The second-order valence-corrected chi connectivity index (χ2v) is 5.82. The van der Waals surface area contributed by atoms with Crippen LogP contribution in [-0.4, -0.2) is 34.3 Å². The molecular formula is C14H26N2O2. The van der Waals surface area contributed by atoms with Gasteiger partial charge < -0.3 is 10.2 Å². The minimum absolute atomic E-state index is 0.0403. The summed E-state index contributed by atoms with van der Waals surface area (Å²) in [5, 5.41) is 2.84. The summed E-state index contributed by atoms with van der Waals surface area (Å²) in [5.74, 6) is 0.138. The van der Waals surface area contributed by atoms with E-state index in [1.165, 1.54) is 0 Å². The van der Waals surface area contributed by atoms with E-state index in [9.17, 15) is 9.59 Å². The summed E-state index contributed by atoms with van der Waals surface area (Å²) in [7, 11) is 0. The summed E-state index contributed by atoms with van der Waals surface area (Å²) in [6.07, 6.45) is 1.72. The van der Waals surface area contributed by atoms with Gasteiger partial charge in [0, 0.05) is 5.54 Å². The van der Waals surface area contributed by atoms with E-state index in [2.05, 4.69) is 26.1 Å². The number of piperazine rings is 1. The molecule has 4 nitrogen and oxygen atoms in total. The van der Waals surface area contributed by atoms with Crippen LogP contribution in [0.2, 0.25) is 0 Å². The summed E-state index contributed by atoms with van der Waals surface area (Å²) < 4.78 is 0. The fourth-order valence-corrected chi connectivity index (χ4v) is 2.57. The van der Waals surface area contributed by atoms with Crippen LogP contribution in [0, 0.1) is 5.92 Å². The van der Waals surface area contributed by atoms with Gasteiger partial charge in [-0.15, -0.1) is 0 Å². The smallest absolute Gasteiger partial charge is 0.246 e. The molecule has 1 saturated heterocycles. The molecular weight excluding hydrogens is 228 g/mol. The lowest BCUT2D eigenvalue weighted by Gasteiger charge is -2.48. The predicted molar refractivity (Wildman–Crippen MR) is 72.1 cm³/mol. The van der Waals surface area contributed by atoms with Crippen molar-refractivity contribution in [3.8, 4) is 0 Å². The summed E-state index contributed by atoms with van der Waals surface area (Å²) in [5.41, 5.74) is -0.235. The molecule has 0 bridgehead atoms. The predicted octanol–water partition coefficient (Wildman–Crippen LogP) is 1.94. The van der Waals surface area contributed by atoms with Crippen molar-refractivity contribution in [3.63, 3.8) is 0 Å². The lowest BCUT2D eigenvalue weighted by atomic mass is 9.87. The monoisotopic (exact) mass is 254 g/mol. The van der Waals surface area contributed by atoms with E-state index < -0.39 is 0 Å². The second-order valence-electron chi connectivity index (χ2n) is 5.82. The van der Waals surface area contributed by atoms with E-state index in [0.29, 0.717) is 0 Å². The first kappa shape index (κ1) is 15.0. The van der Waals surface area contributed by atoms with Gasteiger partial charge >= 0.3 is 0 Å². The fourth-order valence-electron chi connectivity index (χ4n) is 2.57. The highest BCUT2D eigenvalue weighted by Gasteiger charge is 2.46. The van der Waals surface area contributed by atoms with E-state index >= 15 is 0 Å². The average Bonchev–Trinajstić information content (AvgIpc) is 2.33. The number of nitrogens with one attached hydrogen (secondary N) is 1. The van der Waals surface area contributed by atoms with Crippen molar-refractivity contribution in [2.45, 2.75) is 72.0 Å². The van der Waals surface area contributed by atoms with E-state index in [1.807, 2.05) is 20.8 Å². The van der Waals surface area contributed by atoms with E-state index in [0.717, 1.165) is 12.8 Å².